The topological polar surface area (TPSA) is 72.8 Å². The van der Waals surface area contributed by atoms with E-state index in [4.69, 9.17) is 14.6 Å². The van der Waals surface area contributed by atoms with Crippen LogP contribution in [0.3, 0.4) is 0 Å². The lowest BCUT2D eigenvalue weighted by Gasteiger charge is -2.20. The van der Waals surface area contributed by atoms with E-state index >= 15 is 0 Å². The second-order valence-corrected chi connectivity index (χ2v) is 10.9. The highest BCUT2D eigenvalue weighted by molar-refractivity contribution is 5.87. The summed E-state index contributed by atoms with van der Waals surface area (Å²) in [5.41, 5.74) is 9.63. The molecule has 5 nitrogen and oxygen atoms in total. The van der Waals surface area contributed by atoms with E-state index in [-0.39, 0.29) is 36.6 Å². The van der Waals surface area contributed by atoms with Crippen molar-refractivity contribution in [3.05, 3.63) is 95.1 Å². The Kier molecular flexibility index (Phi) is 11.9. The van der Waals surface area contributed by atoms with Gasteiger partial charge in [0.2, 0.25) is 0 Å². The standard InChI is InChI=1S/C36H44O5/c1-7-9-27-10-12-29(13-11-27)34-17-15-31(21-28(34)8-2)33-16-14-30(20-25(33)5)32(23-41-35(38)24(3)4)18-19-40-36(39)26(6)22-37/h10-17,20-21,24,32,37H,6-9,18-19,22-23H2,1-5H3. The van der Waals surface area contributed by atoms with Gasteiger partial charge in [-0.3, -0.25) is 4.79 Å². The van der Waals surface area contributed by atoms with E-state index in [2.05, 4.69) is 88.0 Å². The van der Waals surface area contributed by atoms with Crippen molar-refractivity contribution in [1.29, 1.82) is 0 Å². The molecule has 3 aromatic rings. The molecule has 0 aliphatic rings. The molecule has 0 aliphatic carbocycles. The summed E-state index contributed by atoms with van der Waals surface area (Å²) in [6.07, 6.45) is 3.65. The first-order valence-electron chi connectivity index (χ1n) is 14.6. The minimum atomic E-state index is -0.621. The van der Waals surface area contributed by atoms with Gasteiger partial charge in [0.25, 0.3) is 0 Å². The van der Waals surface area contributed by atoms with Crippen LogP contribution in [0.15, 0.2) is 72.8 Å². The van der Waals surface area contributed by atoms with Crippen LogP contribution >= 0.6 is 0 Å². The van der Waals surface area contributed by atoms with Crippen LogP contribution in [0.5, 0.6) is 0 Å². The summed E-state index contributed by atoms with van der Waals surface area (Å²) >= 11 is 0. The second-order valence-electron chi connectivity index (χ2n) is 10.9. The fourth-order valence-electron chi connectivity index (χ4n) is 4.90. The number of aryl methyl sites for hydroxylation is 3. The summed E-state index contributed by atoms with van der Waals surface area (Å²) in [5, 5.41) is 9.12. The Morgan fingerprint density at radius 1 is 0.902 bits per heavy atom. The first-order chi connectivity index (χ1) is 19.7. The van der Waals surface area contributed by atoms with Crippen molar-refractivity contribution in [2.45, 2.75) is 66.2 Å². The molecule has 218 valence electrons. The smallest absolute Gasteiger partial charge is 0.335 e. The van der Waals surface area contributed by atoms with Crippen LogP contribution in [-0.2, 0) is 31.9 Å². The molecule has 0 saturated carbocycles. The highest BCUT2D eigenvalue weighted by Crippen LogP contribution is 2.33. The molecule has 0 saturated heterocycles. The van der Waals surface area contributed by atoms with E-state index in [9.17, 15) is 9.59 Å². The van der Waals surface area contributed by atoms with Gasteiger partial charge in [0.15, 0.2) is 0 Å². The molecule has 1 atom stereocenters. The molecule has 3 rings (SSSR count). The third kappa shape index (κ3) is 8.64. The maximum absolute atomic E-state index is 12.2. The van der Waals surface area contributed by atoms with Crippen molar-refractivity contribution in [2.75, 3.05) is 19.8 Å². The zero-order valence-corrected chi connectivity index (χ0v) is 25.2. The third-order valence-corrected chi connectivity index (χ3v) is 7.40. The van der Waals surface area contributed by atoms with Gasteiger partial charge in [-0.05, 0) is 70.7 Å². The molecule has 1 N–H and O–H groups in total. The van der Waals surface area contributed by atoms with E-state index in [0.29, 0.717) is 6.42 Å². The van der Waals surface area contributed by atoms with Crippen molar-refractivity contribution in [2.24, 2.45) is 5.92 Å². The molecule has 0 spiro atoms. The Labute approximate surface area is 245 Å². The minimum absolute atomic E-state index is 0.0129. The number of aliphatic hydroxyl groups excluding tert-OH is 1. The molecule has 41 heavy (non-hydrogen) atoms. The van der Waals surface area contributed by atoms with Crippen molar-refractivity contribution < 1.29 is 24.2 Å². The van der Waals surface area contributed by atoms with Gasteiger partial charge in [-0.2, -0.15) is 0 Å². The summed E-state index contributed by atoms with van der Waals surface area (Å²) in [5.74, 6) is -1.26. The highest BCUT2D eigenvalue weighted by Gasteiger charge is 2.19. The lowest BCUT2D eigenvalue weighted by atomic mass is 9.89. The molecule has 0 bridgehead atoms. The number of ether oxygens (including phenoxy) is 2. The van der Waals surface area contributed by atoms with E-state index in [0.717, 1.165) is 41.5 Å². The molecule has 1 unspecified atom stereocenters. The van der Waals surface area contributed by atoms with E-state index in [1.165, 1.54) is 22.3 Å². The first kappa shape index (κ1) is 31.8. The van der Waals surface area contributed by atoms with Gasteiger partial charge < -0.3 is 14.6 Å². The van der Waals surface area contributed by atoms with Gasteiger partial charge in [0.1, 0.15) is 0 Å². The SMILES string of the molecule is C=C(CO)C(=O)OCCC(COC(=O)C(C)C)c1ccc(-c2ccc(-c3ccc(CCC)cc3)c(CC)c2)c(C)c1. The van der Waals surface area contributed by atoms with E-state index < -0.39 is 12.6 Å². The molecule has 0 radical (unpaired) electrons. The number of rotatable bonds is 14. The molecule has 0 aromatic heterocycles. The van der Waals surface area contributed by atoms with Gasteiger partial charge in [-0.15, -0.1) is 0 Å². The fraction of sp³-hybridized carbons (Fsp3) is 0.389. The number of carbonyl (C=O) groups is 2. The van der Waals surface area contributed by atoms with Crippen molar-refractivity contribution in [3.8, 4) is 22.3 Å². The minimum Gasteiger partial charge on any atom is -0.465 e. The summed E-state index contributed by atoms with van der Waals surface area (Å²) < 4.78 is 10.8. The van der Waals surface area contributed by atoms with Gasteiger partial charge >= 0.3 is 11.9 Å². The average molecular weight is 557 g/mol. The highest BCUT2D eigenvalue weighted by atomic mass is 16.5. The summed E-state index contributed by atoms with van der Waals surface area (Å²) in [6.45, 7) is 13.5. The fourth-order valence-corrected chi connectivity index (χ4v) is 4.90. The number of aliphatic hydroxyl groups is 1. The summed E-state index contributed by atoms with van der Waals surface area (Å²) in [4.78, 5) is 24.1. The molecule has 0 heterocycles. The molecular formula is C36H44O5. The maximum Gasteiger partial charge on any atom is 0.335 e. The maximum atomic E-state index is 12.2. The van der Waals surface area contributed by atoms with Gasteiger partial charge in [0, 0.05) is 5.92 Å². The zero-order valence-electron chi connectivity index (χ0n) is 25.2. The van der Waals surface area contributed by atoms with Crippen molar-refractivity contribution in [1.82, 2.24) is 0 Å². The van der Waals surface area contributed by atoms with Crippen molar-refractivity contribution in [3.63, 3.8) is 0 Å². The van der Waals surface area contributed by atoms with E-state index in [1.54, 1.807) is 13.8 Å². The summed E-state index contributed by atoms with van der Waals surface area (Å²) in [6, 6.07) is 21.9. The van der Waals surface area contributed by atoms with Gasteiger partial charge in [-0.1, -0.05) is 101 Å². The van der Waals surface area contributed by atoms with Crippen LogP contribution in [0.4, 0.5) is 0 Å². The number of hydrogen-bond donors (Lipinski definition) is 1. The molecule has 0 fully saturated rings. The number of benzene rings is 3. The normalized spacial score (nSPS) is 11.8. The number of esters is 2. The lowest BCUT2D eigenvalue weighted by Crippen LogP contribution is -2.19. The summed E-state index contributed by atoms with van der Waals surface area (Å²) in [7, 11) is 0. The lowest BCUT2D eigenvalue weighted by molar-refractivity contribution is -0.148. The van der Waals surface area contributed by atoms with Crippen LogP contribution in [0, 0.1) is 12.8 Å². The Hall–Kier alpha value is -3.70. The Morgan fingerprint density at radius 2 is 1.59 bits per heavy atom. The van der Waals surface area contributed by atoms with Crippen LogP contribution in [0.1, 0.15) is 68.7 Å². The molecular weight excluding hydrogens is 512 g/mol. The molecule has 3 aromatic carbocycles. The molecule has 0 amide bonds. The van der Waals surface area contributed by atoms with Crippen molar-refractivity contribution >= 4 is 11.9 Å². The first-order valence-corrected chi connectivity index (χ1v) is 14.6. The number of carbonyl (C=O) groups excluding carboxylic acids is 2. The van der Waals surface area contributed by atoms with Crippen LogP contribution < -0.4 is 0 Å². The zero-order chi connectivity index (χ0) is 29.9. The monoisotopic (exact) mass is 556 g/mol. The average Bonchev–Trinajstić information content (AvgIpc) is 2.98. The predicted octanol–water partition coefficient (Wildman–Crippen LogP) is 7.61. The Balaban J connectivity index is 1.84. The molecule has 0 aliphatic heterocycles. The predicted molar refractivity (Wildman–Crippen MR) is 166 cm³/mol. The third-order valence-electron chi connectivity index (χ3n) is 7.40. The Bertz CT molecular complexity index is 1340. The van der Waals surface area contributed by atoms with Crippen LogP contribution in [0.25, 0.3) is 22.3 Å². The quantitative estimate of drug-likeness (QED) is 0.163. The van der Waals surface area contributed by atoms with Crippen LogP contribution in [0.2, 0.25) is 0 Å². The van der Waals surface area contributed by atoms with Gasteiger partial charge in [0.05, 0.1) is 31.3 Å². The largest absolute Gasteiger partial charge is 0.465 e. The van der Waals surface area contributed by atoms with E-state index in [1.807, 2.05) is 0 Å². The second kappa shape index (κ2) is 15.3. The number of hydrogen-bond acceptors (Lipinski definition) is 5. The Morgan fingerprint density at radius 3 is 2.20 bits per heavy atom. The van der Waals surface area contributed by atoms with Gasteiger partial charge in [-0.25, -0.2) is 4.79 Å². The molecule has 5 heteroatoms. The van der Waals surface area contributed by atoms with Crippen LogP contribution in [-0.4, -0.2) is 36.9 Å².